The molecule has 0 N–H and O–H groups in total. The molecular weight excluding hydrogens is 462 g/mol. The van der Waals surface area contributed by atoms with Gasteiger partial charge in [0.1, 0.15) is 24.6 Å². The van der Waals surface area contributed by atoms with Crippen molar-refractivity contribution in [2.24, 2.45) is 0 Å². The fourth-order valence-electron chi connectivity index (χ4n) is 4.65. The summed E-state index contributed by atoms with van der Waals surface area (Å²) in [7, 11) is 1.58. The van der Waals surface area contributed by atoms with Crippen LogP contribution >= 0.6 is 0 Å². The summed E-state index contributed by atoms with van der Waals surface area (Å²) < 4.78 is 29.5. The van der Waals surface area contributed by atoms with Crippen LogP contribution in [0.4, 0.5) is 0 Å². The zero-order valence-corrected chi connectivity index (χ0v) is 21.5. The van der Waals surface area contributed by atoms with E-state index >= 15 is 0 Å². The molecular formula is C28H37NO7. The van der Waals surface area contributed by atoms with E-state index in [9.17, 15) is 4.79 Å². The first-order valence-corrected chi connectivity index (χ1v) is 12.4. The Labute approximate surface area is 213 Å². The zero-order valence-electron chi connectivity index (χ0n) is 21.5. The van der Waals surface area contributed by atoms with E-state index in [1.54, 1.807) is 7.11 Å². The standard InChI is InChI=1S/C28H37NO7/c1-28(2,3)35-27(30)24-15-22-25(34-19-31-4)26(33-17-21-13-9-6-10-14-21)23(29(22)36-24)18-32-16-20-11-7-5-8-12-20/h5-14,22-26H,15-19H2,1-4H3/t22-,23-,24-,25-,26-/m1/s1. The lowest BCUT2D eigenvalue weighted by Gasteiger charge is -2.29. The first kappa shape index (κ1) is 26.7. The lowest BCUT2D eigenvalue weighted by Crippen LogP contribution is -2.43. The number of carbonyl (C=O) groups excluding carboxylic acids is 1. The maximum absolute atomic E-state index is 12.8. The van der Waals surface area contributed by atoms with Crippen molar-refractivity contribution in [1.29, 1.82) is 0 Å². The van der Waals surface area contributed by atoms with Gasteiger partial charge in [0.2, 0.25) is 0 Å². The van der Waals surface area contributed by atoms with E-state index in [0.29, 0.717) is 26.2 Å². The number of hydroxylamine groups is 2. The normalized spacial score (nSPS) is 26.2. The monoisotopic (exact) mass is 499 g/mol. The third kappa shape index (κ3) is 6.91. The highest BCUT2D eigenvalue weighted by Gasteiger charge is 2.57. The van der Waals surface area contributed by atoms with Gasteiger partial charge in [0.05, 0.1) is 31.9 Å². The summed E-state index contributed by atoms with van der Waals surface area (Å²) >= 11 is 0. The number of benzene rings is 2. The van der Waals surface area contributed by atoms with E-state index in [2.05, 4.69) is 0 Å². The molecule has 0 saturated carbocycles. The molecule has 0 aromatic heterocycles. The van der Waals surface area contributed by atoms with E-state index in [-0.39, 0.29) is 37.1 Å². The molecule has 5 atom stereocenters. The third-order valence-electron chi connectivity index (χ3n) is 6.17. The van der Waals surface area contributed by atoms with Crippen molar-refractivity contribution in [3.63, 3.8) is 0 Å². The molecule has 2 aromatic carbocycles. The average molecular weight is 500 g/mol. The van der Waals surface area contributed by atoms with Gasteiger partial charge in [0.25, 0.3) is 0 Å². The summed E-state index contributed by atoms with van der Waals surface area (Å²) in [6.45, 7) is 6.87. The van der Waals surface area contributed by atoms with E-state index in [1.807, 2.05) is 86.5 Å². The topological polar surface area (TPSA) is 75.7 Å². The first-order chi connectivity index (χ1) is 17.4. The third-order valence-corrected chi connectivity index (χ3v) is 6.17. The van der Waals surface area contributed by atoms with Gasteiger partial charge in [0.15, 0.2) is 6.10 Å². The molecule has 0 spiro atoms. The molecule has 2 fully saturated rings. The number of hydrogen-bond donors (Lipinski definition) is 0. The second-order valence-corrected chi connectivity index (χ2v) is 10.2. The smallest absolute Gasteiger partial charge is 0.338 e. The molecule has 4 rings (SSSR count). The number of fused-ring (bicyclic) bond motifs is 1. The fraction of sp³-hybridized carbons (Fsp3) is 0.536. The van der Waals surface area contributed by atoms with Crippen molar-refractivity contribution in [1.82, 2.24) is 5.06 Å². The van der Waals surface area contributed by atoms with Crippen LogP contribution in [0, 0.1) is 0 Å². The van der Waals surface area contributed by atoms with Gasteiger partial charge in [-0.25, -0.2) is 4.79 Å². The predicted molar refractivity (Wildman–Crippen MR) is 133 cm³/mol. The van der Waals surface area contributed by atoms with E-state index in [1.165, 1.54) is 0 Å². The number of rotatable bonds is 11. The lowest BCUT2D eigenvalue weighted by molar-refractivity contribution is -0.213. The summed E-state index contributed by atoms with van der Waals surface area (Å²) in [4.78, 5) is 19.0. The maximum Gasteiger partial charge on any atom is 0.338 e. The Morgan fingerprint density at radius 2 is 1.58 bits per heavy atom. The summed E-state index contributed by atoms with van der Waals surface area (Å²) in [5, 5.41) is 1.83. The summed E-state index contributed by atoms with van der Waals surface area (Å²) in [6, 6.07) is 19.5. The molecule has 2 saturated heterocycles. The van der Waals surface area contributed by atoms with Gasteiger partial charge in [-0.2, -0.15) is 5.06 Å². The van der Waals surface area contributed by atoms with Crippen LogP contribution in [-0.4, -0.2) is 67.5 Å². The molecule has 2 aliphatic heterocycles. The van der Waals surface area contributed by atoms with Gasteiger partial charge < -0.3 is 23.7 Å². The molecule has 0 aliphatic carbocycles. The van der Waals surface area contributed by atoms with Gasteiger partial charge in [-0.3, -0.25) is 4.84 Å². The SMILES string of the molecule is COCO[C@H]1[C@H](OCc2ccccc2)[C@@H](COCc2ccccc2)N2O[C@@H](C(=O)OC(C)(C)C)C[C@H]12. The minimum Gasteiger partial charge on any atom is -0.458 e. The van der Waals surface area contributed by atoms with E-state index in [0.717, 1.165) is 11.1 Å². The number of esters is 1. The number of ether oxygens (including phenoxy) is 5. The van der Waals surface area contributed by atoms with Gasteiger partial charge in [-0.05, 0) is 31.9 Å². The summed E-state index contributed by atoms with van der Waals surface area (Å²) in [5.41, 5.74) is 1.54. The molecule has 0 unspecified atom stereocenters. The van der Waals surface area contributed by atoms with Crippen LogP contribution < -0.4 is 0 Å². The molecule has 8 heteroatoms. The van der Waals surface area contributed by atoms with Crippen molar-refractivity contribution in [2.75, 3.05) is 20.5 Å². The van der Waals surface area contributed by atoms with E-state index in [4.69, 9.17) is 28.5 Å². The zero-order chi connectivity index (χ0) is 25.5. The van der Waals surface area contributed by atoms with Crippen molar-refractivity contribution in [3.05, 3.63) is 71.8 Å². The highest BCUT2D eigenvalue weighted by Crippen LogP contribution is 2.39. The molecule has 36 heavy (non-hydrogen) atoms. The van der Waals surface area contributed by atoms with Crippen LogP contribution in [0.2, 0.25) is 0 Å². The maximum atomic E-state index is 12.8. The van der Waals surface area contributed by atoms with Gasteiger partial charge in [0, 0.05) is 13.5 Å². The predicted octanol–water partition coefficient (Wildman–Crippen LogP) is 3.88. The van der Waals surface area contributed by atoms with Crippen molar-refractivity contribution in [3.8, 4) is 0 Å². The Morgan fingerprint density at radius 3 is 2.19 bits per heavy atom. The Morgan fingerprint density at radius 1 is 0.944 bits per heavy atom. The highest BCUT2D eigenvalue weighted by molar-refractivity contribution is 5.75. The lowest BCUT2D eigenvalue weighted by atomic mass is 10.0. The molecule has 0 amide bonds. The highest BCUT2D eigenvalue weighted by atomic mass is 16.7. The van der Waals surface area contributed by atoms with Gasteiger partial charge in [-0.1, -0.05) is 60.7 Å². The number of nitrogens with zero attached hydrogens (tertiary/aromatic N) is 1. The largest absolute Gasteiger partial charge is 0.458 e. The molecule has 0 bridgehead atoms. The summed E-state index contributed by atoms with van der Waals surface area (Å²) in [5.74, 6) is -0.381. The molecule has 196 valence electrons. The Bertz CT molecular complexity index is 949. The van der Waals surface area contributed by atoms with Crippen molar-refractivity contribution in [2.45, 2.75) is 76.4 Å². The van der Waals surface area contributed by atoms with Crippen molar-refractivity contribution >= 4 is 5.97 Å². The van der Waals surface area contributed by atoms with Crippen LogP contribution in [0.25, 0.3) is 0 Å². The average Bonchev–Trinajstić information content (AvgIpc) is 3.40. The minimum absolute atomic E-state index is 0.106. The summed E-state index contributed by atoms with van der Waals surface area (Å²) in [6.07, 6.45) is -0.995. The Hall–Kier alpha value is -2.33. The number of methoxy groups -OCH3 is 1. The fourth-order valence-corrected chi connectivity index (χ4v) is 4.65. The minimum atomic E-state index is -0.713. The Kier molecular flexibility index (Phi) is 9.11. The van der Waals surface area contributed by atoms with Crippen molar-refractivity contribution < 1.29 is 33.3 Å². The van der Waals surface area contributed by atoms with Crippen LogP contribution in [-0.2, 0) is 46.5 Å². The van der Waals surface area contributed by atoms with Gasteiger partial charge >= 0.3 is 5.97 Å². The Balaban J connectivity index is 1.51. The second-order valence-electron chi connectivity index (χ2n) is 10.2. The van der Waals surface area contributed by atoms with Crippen LogP contribution in [0.5, 0.6) is 0 Å². The first-order valence-electron chi connectivity index (χ1n) is 12.4. The number of carbonyl (C=O) groups is 1. The van der Waals surface area contributed by atoms with Crippen LogP contribution in [0.3, 0.4) is 0 Å². The quantitative estimate of drug-likeness (QED) is 0.341. The van der Waals surface area contributed by atoms with E-state index < -0.39 is 11.7 Å². The molecule has 0 radical (unpaired) electrons. The molecule has 2 aromatic rings. The van der Waals surface area contributed by atoms with Gasteiger partial charge in [-0.15, -0.1) is 0 Å². The van der Waals surface area contributed by atoms with Crippen LogP contribution in [0.15, 0.2) is 60.7 Å². The number of hydrogen-bond acceptors (Lipinski definition) is 8. The van der Waals surface area contributed by atoms with Crippen LogP contribution in [0.1, 0.15) is 38.3 Å². The molecule has 8 nitrogen and oxygen atoms in total. The molecule has 2 heterocycles. The molecule has 2 aliphatic rings. The second kappa shape index (κ2) is 12.3.